The molecule has 0 spiro atoms. The SMILES string of the molecule is O=C(/C=C/C(=O)c1ccc(Br)cc1)Nc1ccccc1Oc1ccccc1. The lowest BCUT2D eigenvalue weighted by molar-refractivity contribution is -0.111. The lowest BCUT2D eigenvalue weighted by Gasteiger charge is -2.11. The molecule has 5 heteroatoms. The number of ketones is 1. The molecule has 0 fully saturated rings. The fourth-order valence-electron chi connectivity index (χ4n) is 2.31. The molecular weight excluding hydrogens is 406 g/mol. The van der Waals surface area contributed by atoms with Crippen LogP contribution in [0.15, 0.2) is 95.5 Å². The molecule has 3 aromatic carbocycles. The fraction of sp³-hybridized carbons (Fsp3) is 0. The number of carbonyl (C=O) groups excluding carboxylic acids is 2. The van der Waals surface area contributed by atoms with Crippen molar-refractivity contribution in [1.29, 1.82) is 0 Å². The number of amides is 1. The number of nitrogens with one attached hydrogen (secondary N) is 1. The van der Waals surface area contributed by atoms with Gasteiger partial charge >= 0.3 is 0 Å². The van der Waals surface area contributed by atoms with Crippen LogP contribution in [0.5, 0.6) is 11.5 Å². The van der Waals surface area contributed by atoms with Crippen molar-refractivity contribution in [1.82, 2.24) is 0 Å². The van der Waals surface area contributed by atoms with E-state index in [0.29, 0.717) is 22.7 Å². The van der Waals surface area contributed by atoms with Gasteiger partial charge in [0.2, 0.25) is 5.91 Å². The summed E-state index contributed by atoms with van der Waals surface area (Å²) in [6, 6.07) is 23.3. The minimum absolute atomic E-state index is 0.244. The van der Waals surface area contributed by atoms with Crippen molar-refractivity contribution >= 4 is 33.3 Å². The maximum absolute atomic E-state index is 12.2. The summed E-state index contributed by atoms with van der Waals surface area (Å²) < 4.78 is 6.69. The summed E-state index contributed by atoms with van der Waals surface area (Å²) in [4.78, 5) is 24.3. The molecule has 1 N–H and O–H groups in total. The number of hydrogen-bond donors (Lipinski definition) is 1. The van der Waals surface area contributed by atoms with Crippen LogP contribution in [0.25, 0.3) is 0 Å². The lowest BCUT2D eigenvalue weighted by Crippen LogP contribution is -2.09. The minimum Gasteiger partial charge on any atom is -0.455 e. The zero-order chi connectivity index (χ0) is 19.1. The third-order valence-corrected chi connectivity index (χ3v) is 4.16. The molecule has 0 aliphatic heterocycles. The van der Waals surface area contributed by atoms with Crippen LogP contribution in [0.1, 0.15) is 10.4 Å². The van der Waals surface area contributed by atoms with Crippen LogP contribution in [0.4, 0.5) is 5.69 Å². The van der Waals surface area contributed by atoms with Gasteiger partial charge < -0.3 is 10.1 Å². The van der Waals surface area contributed by atoms with E-state index in [9.17, 15) is 9.59 Å². The molecule has 3 rings (SSSR count). The molecule has 134 valence electrons. The van der Waals surface area contributed by atoms with Crippen molar-refractivity contribution in [2.75, 3.05) is 5.32 Å². The van der Waals surface area contributed by atoms with Gasteiger partial charge in [0, 0.05) is 16.1 Å². The number of carbonyl (C=O) groups is 2. The maximum Gasteiger partial charge on any atom is 0.248 e. The molecule has 0 unspecified atom stereocenters. The lowest BCUT2D eigenvalue weighted by atomic mass is 10.1. The van der Waals surface area contributed by atoms with Crippen LogP contribution in [-0.4, -0.2) is 11.7 Å². The molecule has 0 bridgehead atoms. The standard InChI is InChI=1S/C22H16BrNO3/c23-17-12-10-16(11-13-17)20(25)14-15-22(26)24-19-8-4-5-9-21(19)27-18-6-2-1-3-7-18/h1-15H,(H,24,26)/b15-14+. The van der Waals surface area contributed by atoms with E-state index in [1.807, 2.05) is 36.4 Å². The molecular formula is C22H16BrNO3. The Kier molecular flexibility index (Phi) is 6.18. The van der Waals surface area contributed by atoms with Crippen LogP contribution in [0.2, 0.25) is 0 Å². The van der Waals surface area contributed by atoms with Gasteiger partial charge in [0.25, 0.3) is 0 Å². The average molecular weight is 422 g/mol. The molecule has 27 heavy (non-hydrogen) atoms. The van der Waals surface area contributed by atoms with Crippen molar-refractivity contribution < 1.29 is 14.3 Å². The molecule has 0 aromatic heterocycles. The van der Waals surface area contributed by atoms with Gasteiger partial charge in [-0.25, -0.2) is 0 Å². The summed E-state index contributed by atoms with van der Waals surface area (Å²) in [5.41, 5.74) is 1.03. The van der Waals surface area contributed by atoms with Crippen LogP contribution < -0.4 is 10.1 Å². The first-order valence-corrected chi connectivity index (χ1v) is 9.02. The van der Waals surface area contributed by atoms with E-state index in [4.69, 9.17) is 4.74 Å². The van der Waals surface area contributed by atoms with Gasteiger partial charge in [-0.05, 0) is 54.6 Å². The summed E-state index contributed by atoms with van der Waals surface area (Å²) in [6.07, 6.45) is 2.46. The minimum atomic E-state index is -0.412. The topological polar surface area (TPSA) is 55.4 Å². The molecule has 0 aliphatic carbocycles. The summed E-state index contributed by atoms with van der Waals surface area (Å²) in [5.74, 6) is 0.529. The number of halogens is 1. The van der Waals surface area contributed by atoms with E-state index >= 15 is 0 Å². The normalized spacial score (nSPS) is 10.6. The number of benzene rings is 3. The number of anilines is 1. The maximum atomic E-state index is 12.2. The highest BCUT2D eigenvalue weighted by atomic mass is 79.9. The van der Waals surface area contributed by atoms with Gasteiger partial charge in [-0.15, -0.1) is 0 Å². The van der Waals surface area contributed by atoms with E-state index in [-0.39, 0.29) is 5.78 Å². The quantitative estimate of drug-likeness (QED) is 0.415. The second-order valence-electron chi connectivity index (χ2n) is 5.61. The third kappa shape index (κ3) is 5.39. The van der Waals surface area contributed by atoms with E-state index in [2.05, 4.69) is 21.2 Å². The van der Waals surface area contributed by atoms with Crippen LogP contribution in [0.3, 0.4) is 0 Å². The highest BCUT2D eigenvalue weighted by Crippen LogP contribution is 2.29. The van der Waals surface area contributed by atoms with Crippen molar-refractivity contribution in [2.24, 2.45) is 0 Å². The van der Waals surface area contributed by atoms with Crippen LogP contribution in [0, 0.1) is 0 Å². The van der Waals surface area contributed by atoms with Crippen molar-refractivity contribution in [2.45, 2.75) is 0 Å². The Morgan fingerprint density at radius 2 is 1.48 bits per heavy atom. The smallest absolute Gasteiger partial charge is 0.248 e. The molecule has 0 atom stereocenters. The predicted molar refractivity (Wildman–Crippen MR) is 109 cm³/mol. The predicted octanol–water partition coefficient (Wildman–Crippen LogP) is 5.62. The monoisotopic (exact) mass is 421 g/mol. The Labute approximate surface area is 165 Å². The van der Waals surface area contributed by atoms with E-state index < -0.39 is 5.91 Å². The second kappa shape index (κ2) is 8.96. The third-order valence-electron chi connectivity index (χ3n) is 3.63. The molecule has 1 amide bonds. The summed E-state index contributed by atoms with van der Waals surface area (Å²) in [5, 5.41) is 2.74. The summed E-state index contributed by atoms with van der Waals surface area (Å²) in [6.45, 7) is 0. The van der Waals surface area contributed by atoms with Crippen molar-refractivity contribution in [3.63, 3.8) is 0 Å². The Bertz CT molecular complexity index is 966. The number of hydrogen-bond acceptors (Lipinski definition) is 3. The number of para-hydroxylation sites is 3. The van der Waals surface area contributed by atoms with Gasteiger partial charge in [-0.3, -0.25) is 9.59 Å². The van der Waals surface area contributed by atoms with Gasteiger partial charge in [-0.1, -0.05) is 46.3 Å². The Morgan fingerprint density at radius 3 is 2.22 bits per heavy atom. The van der Waals surface area contributed by atoms with Gasteiger partial charge in [0.1, 0.15) is 5.75 Å². The molecule has 0 radical (unpaired) electrons. The summed E-state index contributed by atoms with van der Waals surface area (Å²) >= 11 is 3.32. The molecule has 0 heterocycles. The van der Waals surface area contributed by atoms with E-state index in [1.165, 1.54) is 12.2 Å². The number of allylic oxidation sites excluding steroid dienone is 1. The average Bonchev–Trinajstić information content (AvgIpc) is 2.69. The van der Waals surface area contributed by atoms with Gasteiger partial charge in [0.15, 0.2) is 11.5 Å². The zero-order valence-electron chi connectivity index (χ0n) is 14.3. The fourth-order valence-corrected chi connectivity index (χ4v) is 2.57. The Morgan fingerprint density at radius 1 is 0.815 bits per heavy atom. The van der Waals surface area contributed by atoms with Crippen LogP contribution in [-0.2, 0) is 4.79 Å². The summed E-state index contributed by atoms with van der Waals surface area (Å²) in [7, 11) is 0. The van der Waals surface area contributed by atoms with Gasteiger partial charge in [-0.2, -0.15) is 0 Å². The van der Waals surface area contributed by atoms with E-state index in [0.717, 1.165) is 4.47 Å². The Balaban J connectivity index is 1.67. The molecule has 3 aromatic rings. The van der Waals surface area contributed by atoms with Crippen LogP contribution >= 0.6 is 15.9 Å². The first-order valence-electron chi connectivity index (χ1n) is 8.23. The molecule has 0 aliphatic rings. The highest BCUT2D eigenvalue weighted by Gasteiger charge is 2.08. The van der Waals surface area contributed by atoms with Crippen molar-refractivity contribution in [3.8, 4) is 11.5 Å². The zero-order valence-corrected chi connectivity index (χ0v) is 15.8. The molecule has 0 saturated carbocycles. The Hall–Kier alpha value is -3.18. The largest absolute Gasteiger partial charge is 0.455 e. The highest BCUT2D eigenvalue weighted by molar-refractivity contribution is 9.10. The number of ether oxygens (including phenoxy) is 1. The van der Waals surface area contributed by atoms with Crippen molar-refractivity contribution in [3.05, 3.63) is 101 Å². The molecule has 0 saturated heterocycles. The second-order valence-corrected chi connectivity index (χ2v) is 6.52. The number of rotatable bonds is 6. The first kappa shape index (κ1) is 18.6. The molecule has 4 nitrogen and oxygen atoms in total. The van der Waals surface area contributed by atoms with E-state index in [1.54, 1.807) is 42.5 Å². The first-order chi connectivity index (χ1) is 13.1. The van der Waals surface area contributed by atoms with Gasteiger partial charge in [0.05, 0.1) is 5.69 Å².